The van der Waals surface area contributed by atoms with Gasteiger partial charge in [0.25, 0.3) is 0 Å². The molecule has 1 aliphatic heterocycles. The topological polar surface area (TPSA) is 23.6 Å². The van der Waals surface area contributed by atoms with Crippen LogP contribution in [0.5, 0.6) is 0 Å². The van der Waals surface area contributed by atoms with Gasteiger partial charge in [-0.1, -0.05) is 13.8 Å². The lowest BCUT2D eigenvalue weighted by Crippen LogP contribution is -2.52. The molecule has 1 heterocycles. The number of amides is 1. The first kappa shape index (κ1) is 10.5. The molecule has 1 fully saturated rings. The van der Waals surface area contributed by atoms with Crippen LogP contribution < -0.4 is 0 Å². The zero-order valence-electron chi connectivity index (χ0n) is 9.08. The molecule has 0 spiro atoms. The fourth-order valence-corrected chi connectivity index (χ4v) is 1.61. The SMILES string of the molecule is CC(C)C(=O)N1CCN(C)[C@@H](C)C1. The Morgan fingerprint density at radius 3 is 2.46 bits per heavy atom. The van der Waals surface area contributed by atoms with E-state index in [1.165, 1.54) is 0 Å². The van der Waals surface area contributed by atoms with Crippen molar-refractivity contribution in [3.63, 3.8) is 0 Å². The highest BCUT2D eigenvalue weighted by Crippen LogP contribution is 2.10. The summed E-state index contributed by atoms with van der Waals surface area (Å²) in [5.74, 6) is 0.426. The first-order valence-corrected chi connectivity index (χ1v) is 5.01. The number of likely N-dealkylation sites (N-methyl/N-ethyl adjacent to an activating group) is 1. The van der Waals surface area contributed by atoms with Gasteiger partial charge in [0.15, 0.2) is 0 Å². The molecule has 3 heteroatoms. The van der Waals surface area contributed by atoms with E-state index in [1.54, 1.807) is 0 Å². The molecule has 0 aromatic rings. The second kappa shape index (κ2) is 4.09. The molecule has 0 radical (unpaired) electrons. The summed E-state index contributed by atoms with van der Waals surface area (Å²) < 4.78 is 0. The Kier molecular flexibility index (Phi) is 3.31. The van der Waals surface area contributed by atoms with E-state index >= 15 is 0 Å². The average Bonchev–Trinajstić information content (AvgIpc) is 2.08. The maximum atomic E-state index is 11.7. The molecular formula is C10H20N2O. The predicted molar refractivity (Wildman–Crippen MR) is 53.5 cm³/mol. The highest BCUT2D eigenvalue weighted by Gasteiger charge is 2.25. The van der Waals surface area contributed by atoms with Gasteiger partial charge in [0.05, 0.1) is 0 Å². The molecule has 1 amide bonds. The second-order valence-electron chi connectivity index (χ2n) is 4.27. The molecule has 0 bridgehead atoms. The minimum Gasteiger partial charge on any atom is -0.340 e. The average molecular weight is 184 g/mol. The molecule has 0 N–H and O–H groups in total. The van der Waals surface area contributed by atoms with E-state index in [9.17, 15) is 4.79 Å². The number of hydrogen-bond acceptors (Lipinski definition) is 2. The quantitative estimate of drug-likeness (QED) is 0.602. The number of carbonyl (C=O) groups is 1. The van der Waals surface area contributed by atoms with Crippen molar-refractivity contribution < 1.29 is 4.79 Å². The van der Waals surface area contributed by atoms with Crippen molar-refractivity contribution in [2.45, 2.75) is 26.8 Å². The van der Waals surface area contributed by atoms with Gasteiger partial charge < -0.3 is 9.80 Å². The van der Waals surface area contributed by atoms with Crippen molar-refractivity contribution in [2.24, 2.45) is 5.92 Å². The van der Waals surface area contributed by atoms with E-state index in [0.717, 1.165) is 19.6 Å². The minimum absolute atomic E-state index is 0.135. The van der Waals surface area contributed by atoms with Crippen molar-refractivity contribution in [3.05, 3.63) is 0 Å². The third-order valence-corrected chi connectivity index (χ3v) is 2.77. The summed E-state index contributed by atoms with van der Waals surface area (Å²) in [4.78, 5) is 15.9. The van der Waals surface area contributed by atoms with Crippen molar-refractivity contribution in [3.8, 4) is 0 Å². The van der Waals surface area contributed by atoms with Crippen LogP contribution in [-0.2, 0) is 4.79 Å². The summed E-state index contributed by atoms with van der Waals surface area (Å²) in [7, 11) is 2.11. The van der Waals surface area contributed by atoms with Crippen LogP contribution in [0.25, 0.3) is 0 Å². The minimum atomic E-state index is 0.135. The predicted octanol–water partition coefficient (Wildman–Crippen LogP) is 0.805. The van der Waals surface area contributed by atoms with E-state index < -0.39 is 0 Å². The standard InChI is InChI=1S/C10H20N2O/c1-8(2)10(13)12-6-5-11(4)9(3)7-12/h8-9H,5-7H2,1-4H3/t9-/m0/s1. The molecule has 0 aliphatic carbocycles. The molecule has 1 atom stereocenters. The highest BCUT2D eigenvalue weighted by atomic mass is 16.2. The Morgan fingerprint density at radius 2 is 2.00 bits per heavy atom. The van der Waals surface area contributed by atoms with Crippen LogP contribution in [-0.4, -0.2) is 48.4 Å². The molecule has 13 heavy (non-hydrogen) atoms. The van der Waals surface area contributed by atoms with Gasteiger partial charge in [-0.25, -0.2) is 0 Å². The zero-order chi connectivity index (χ0) is 10.0. The maximum Gasteiger partial charge on any atom is 0.225 e. The summed E-state index contributed by atoms with van der Waals surface area (Å²) in [5.41, 5.74) is 0. The number of piperazine rings is 1. The molecule has 0 aromatic carbocycles. The van der Waals surface area contributed by atoms with Gasteiger partial charge in [0.2, 0.25) is 5.91 Å². The van der Waals surface area contributed by atoms with Gasteiger partial charge in [-0.2, -0.15) is 0 Å². The Labute approximate surface area is 80.7 Å². The summed E-state index contributed by atoms with van der Waals surface area (Å²) in [6, 6.07) is 0.497. The Balaban J connectivity index is 2.50. The summed E-state index contributed by atoms with van der Waals surface area (Å²) in [6.07, 6.45) is 0. The lowest BCUT2D eigenvalue weighted by atomic mass is 10.1. The van der Waals surface area contributed by atoms with Crippen LogP contribution >= 0.6 is 0 Å². The fourth-order valence-electron chi connectivity index (χ4n) is 1.61. The van der Waals surface area contributed by atoms with Crippen LogP contribution in [0.15, 0.2) is 0 Å². The fraction of sp³-hybridized carbons (Fsp3) is 0.900. The number of carbonyl (C=O) groups excluding carboxylic acids is 1. The molecule has 1 saturated heterocycles. The van der Waals surface area contributed by atoms with E-state index in [2.05, 4.69) is 18.9 Å². The Bertz CT molecular complexity index is 191. The van der Waals surface area contributed by atoms with Gasteiger partial charge in [-0.3, -0.25) is 4.79 Å². The normalized spacial score (nSPS) is 25.3. The van der Waals surface area contributed by atoms with E-state index in [1.807, 2.05) is 18.7 Å². The van der Waals surface area contributed by atoms with Crippen LogP contribution in [0.2, 0.25) is 0 Å². The van der Waals surface area contributed by atoms with Gasteiger partial charge in [0, 0.05) is 31.6 Å². The van der Waals surface area contributed by atoms with Crippen LogP contribution in [0.3, 0.4) is 0 Å². The molecule has 1 rings (SSSR count). The lowest BCUT2D eigenvalue weighted by molar-refractivity contribution is -0.137. The third kappa shape index (κ3) is 2.44. The summed E-state index contributed by atoms with van der Waals surface area (Å²) in [6.45, 7) is 8.86. The summed E-state index contributed by atoms with van der Waals surface area (Å²) in [5, 5.41) is 0. The number of hydrogen-bond donors (Lipinski definition) is 0. The van der Waals surface area contributed by atoms with Gasteiger partial charge in [-0.15, -0.1) is 0 Å². The molecule has 0 aromatic heterocycles. The lowest BCUT2D eigenvalue weighted by Gasteiger charge is -2.38. The third-order valence-electron chi connectivity index (χ3n) is 2.77. The van der Waals surface area contributed by atoms with Crippen LogP contribution in [0.4, 0.5) is 0 Å². The number of nitrogens with zero attached hydrogens (tertiary/aromatic N) is 2. The number of rotatable bonds is 1. The largest absolute Gasteiger partial charge is 0.340 e. The zero-order valence-corrected chi connectivity index (χ0v) is 9.08. The molecule has 0 saturated carbocycles. The first-order chi connectivity index (χ1) is 6.02. The second-order valence-corrected chi connectivity index (χ2v) is 4.27. The van der Waals surface area contributed by atoms with Gasteiger partial charge in [-0.05, 0) is 14.0 Å². The van der Waals surface area contributed by atoms with Crippen molar-refractivity contribution >= 4 is 5.91 Å². The molecular weight excluding hydrogens is 164 g/mol. The van der Waals surface area contributed by atoms with E-state index in [0.29, 0.717) is 11.9 Å². The first-order valence-electron chi connectivity index (χ1n) is 5.01. The Hall–Kier alpha value is -0.570. The molecule has 3 nitrogen and oxygen atoms in total. The maximum absolute atomic E-state index is 11.7. The molecule has 0 unspecified atom stereocenters. The smallest absolute Gasteiger partial charge is 0.225 e. The van der Waals surface area contributed by atoms with Crippen molar-refractivity contribution in [1.29, 1.82) is 0 Å². The van der Waals surface area contributed by atoms with Crippen LogP contribution in [0, 0.1) is 5.92 Å². The van der Waals surface area contributed by atoms with Gasteiger partial charge >= 0.3 is 0 Å². The van der Waals surface area contributed by atoms with E-state index in [4.69, 9.17) is 0 Å². The van der Waals surface area contributed by atoms with E-state index in [-0.39, 0.29) is 5.92 Å². The van der Waals surface area contributed by atoms with Crippen LogP contribution in [0.1, 0.15) is 20.8 Å². The van der Waals surface area contributed by atoms with Crippen molar-refractivity contribution in [2.75, 3.05) is 26.7 Å². The molecule has 1 aliphatic rings. The monoisotopic (exact) mass is 184 g/mol. The van der Waals surface area contributed by atoms with Gasteiger partial charge in [0.1, 0.15) is 0 Å². The Morgan fingerprint density at radius 1 is 1.38 bits per heavy atom. The highest BCUT2D eigenvalue weighted by molar-refractivity contribution is 5.78. The summed E-state index contributed by atoms with van der Waals surface area (Å²) >= 11 is 0. The van der Waals surface area contributed by atoms with Crippen molar-refractivity contribution in [1.82, 2.24) is 9.80 Å². The molecule has 76 valence electrons.